The molecule has 0 heterocycles. The van der Waals surface area contributed by atoms with Gasteiger partial charge >= 0.3 is 0 Å². The van der Waals surface area contributed by atoms with E-state index in [1.54, 1.807) is 24.3 Å². The Morgan fingerprint density at radius 1 is 0.812 bits per heavy atom. The molecule has 0 radical (unpaired) electrons. The first-order valence-electron chi connectivity index (χ1n) is 10.9. The highest BCUT2D eigenvalue weighted by atomic mass is 32.2. The number of amides is 1. The van der Waals surface area contributed by atoms with Gasteiger partial charge in [0, 0.05) is 19.5 Å². The van der Waals surface area contributed by atoms with Crippen LogP contribution in [0.3, 0.4) is 0 Å². The summed E-state index contributed by atoms with van der Waals surface area (Å²) in [6.45, 7) is 4.52. The van der Waals surface area contributed by atoms with E-state index in [9.17, 15) is 13.2 Å². The number of hydrogen-bond acceptors (Lipinski definition) is 3. The van der Waals surface area contributed by atoms with Gasteiger partial charge in [0.1, 0.15) is 0 Å². The third-order valence-electron chi connectivity index (χ3n) is 5.48. The van der Waals surface area contributed by atoms with Gasteiger partial charge in [0.25, 0.3) is 0 Å². The minimum absolute atomic E-state index is 0.0532. The van der Waals surface area contributed by atoms with Gasteiger partial charge < -0.3 is 5.32 Å². The minimum Gasteiger partial charge on any atom is -0.345 e. The summed E-state index contributed by atoms with van der Waals surface area (Å²) in [4.78, 5) is 13.0. The lowest BCUT2D eigenvalue weighted by Gasteiger charge is -2.20. The van der Waals surface area contributed by atoms with Crippen molar-refractivity contribution in [2.75, 3.05) is 13.1 Å². The van der Waals surface area contributed by atoms with Crippen molar-refractivity contribution in [3.8, 4) is 0 Å². The number of benzene rings is 3. The van der Waals surface area contributed by atoms with Crippen molar-refractivity contribution < 1.29 is 13.2 Å². The number of nitrogens with one attached hydrogen (secondary N) is 1. The van der Waals surface area contributed by atoms with Gasteiger partial charge in [0.2, 0.25) is 15.9 Å². The molecule has 0 aliphatic heterocycles. The monoisotopic (exact) mass is 450 g/mol. The number of aryl methyl sites for hydroxylation is 1. The summed E-state index contributed by atoms with van der Waals surface area (Å²) < 4.78 is 26.7. The van der Waals surface area contributed by atoms with Crippen LogP contribution in [0.1, 0.15) is 43.0 Å². The number of rotatable bonds is 10. The predicted molar refractivity (Wildman–Crippen MR) is 128 cm³/mol. The highest BCUT2D eigenvalue weighted by molar-refractivity contribution is 7.89. The van der Waals surface area contributed by atoms with Crippen LogP contribution in [0.4, 0.5) is 0 Å². The molecule has 1 N–H and O–H groups in total. The molecule has 0 bridgehead atoms. The Kier molecular flexibility index (Phi) is 8.20. The van der Waals surface area contributed by atoms with Crippen molar-refractivity contribution >= 4 is 15.9 Å². The van der Waals surface area contributed by atoms with Crippen molar-refractivity contribution in [3.63, 3.8) is 0 Å². The zero-order chi connectivity index (χ0) is 23.0. The Morgan fingerprint density at radius 2 is 1.31 bits per heavy atom. The largest absolute Gasteiger partial charge is 0.345 e. The smallest absolute Gasteiger partial charge is 0.243 e. The van der Waals surface area contributed by atoms with Crippen molar-refractivity contribution in [1.82, 2.24) is 9.62 Å². The van der Waals surface area contributed by atoms with Gasteiger partial charge in [-0.15, -0.1) is 0 Å². The molecule has 3 rings (SSSR count). The summed E-state index contributed by atoms with van der Waals surface area (Å²) in [7, 11) is -3.47. The number of hydrogen-bond donors (Lipinski definition) is 1. The maximum absolute atomic E-state index is 12.8. The van der Waals surface area contributed by atoms with Crippen molar-refractivity contribution in [3.05, 3.63) is 102 Å². The lowest BCUT2D eigenvalue weighted by molar-refractivity contribution is -0.121. The molecule has 3 aromatic rings. The first kappa shape index (κ1) is 23.7. The Bertz CT molecular complexity index is 1060. The molecule has 0 atom stereocenters. The third kappa shape index (κ3) is 5.84. The maximum atomic E-state index is 12.8. The SMILES string of the molecule is CCN(CC)S(=O)(=O)c1ccc(CCC(=O)NC(c2ccccc2)c2ccccc2)cc1. The Morgan fingerprint density at radius 3 is 1.78 bits per heavy atom. The molecule has 0 saturated heterocycles. The molecule has 0 aliphatic carbocycles. The molecule has 0 fully saturated rings. The summed E-state index contributed by atoms with van der Waals surface area (Å²) in [6, 6.07) is 26.4. The van der Waals surface area contributed by atoms with E-state index in [1.807, 2.05) is 74.5 Å². The number of nitrogens with zero attached hydrogens (tertiary/aromatic N) is 1. The lowest BCUT2D eigenvalue weighted by Crippen LogP contribution is -2.30. The normalized spacial score (nSPS) is 11.6. The van der Waals surface area contributed by atoms with E-state index in [4.69, 9.17) is 0 Å². The van der Waals surface area contributed by atoms with Crippen LogP contribution in [0, 0.1) is 0 Å². The molecule has 0 aliphatic rings. The second-order valence-corrected chi connectivity index (χ2v) is 9.49. The second kappa shape index (κ2) is 11.1. The van der Waals surface area contributed by atoms with Crippen LogP contribution < -0.4 is 5.32 Å². The molecule has 32 heavy (non-hydrogen) atoms. The summed E-state index contributed by atoms with van der Waals surface area (Å²) >= 11 is 0. The van der Waals surface area contributed by atoms with E-state index in [0.717, 1.165) is 16.7 Å². The molecule has 0 spiro atoms. The highest BCUT2D eigenvalue weighted by Gasteiger charge is 2.21. The lowest BCUT2D eigenvalue weighted by atomic mass is 9.98. The zero-order valence-electron chi connectivity index (χ0n) is 18.6. The first-order chi connectivity index (χ1) is 15.5. The van der Waals surface area contributed by atoms with Gasteiger partial charge in [0.05, 0.1) is 10.9 Å². The molecular formula is C26H30N2O3S. The molecule has 168 valence electrons. The fraction of sp³-hybridized carbons (Fsp3) is 0.269. The second-order valence-electron chi connectivity index (χ2n) is 7.56. The van der Waals surface area contributed by atoms with Crippen LogP contribution in [-0.4, -0.2) is 31.7 Å². The van der Waals surface area contributed by atoms with Crippen molar-refractivity contribution in [2.24, 2.45) is 0 Å². The summed E-state index contributed by atoms with van der Waals surface area (Å²) in [5, 5.41) is 3.14. The maximum Gasteiger partial charge on any atom is 0.243 e. The standard InChI is InChI=1S/C26H30N2O3S/c1-3-28(4-2)32(30,31)24-18-15-21(16-19-24)17-20-25(29)27-26(22-11-7-5-8-12-22)23-13-9-6-10-14-23/h5-16,18-19,26H,3-4,17,20H2,1-2H3,(H,27,29). The summed E-state index contributed by atoms with van der Waals surface area (Å²) in [5.74, 6) is -0.0532. The van der Waals surface area contributed by atoms with Gasteiger partial charge in [0.15, 0.2) is 0 Å². The van der Waals surface area contributed by atoms with E-state index in [2.05, 4.69) is 5.32 Å². The van der Waals surface area contributed by atoms with E-state index < -0.39 is 10.0 Å². The quantitative estimate of drug-likeness (QED) is 0.493. The zero-order valence-corrected chi connectivity index (χ0v) is 19.4. The molecule has 0 saturated carbocycles. The van der Waals surface area contributed by atoms with Gasteiger partial charge in [-0.1, -0.05) is 86.6 Å². The van der Waals surface area contributed by atoms with Gasteiger partial charge in [-0.3, -0.25) is 4.79 Å². The third-order valence-corrected chi connectivity index (χ3v) is 7.54. The minimum atomic E-state index is -3.47. The van der Waals surface area contributed by atoms with Crippen LogP contribution in [0.5, 0.6) is 0 Å². The first-order valence-corrected chi connectivity index (χ1v) is 12.4. The topological polar surface area (TPSA) is 66.5 Å². The Balaban J connectivity index is 1.66. The molecule has 1 amide bonds. The van der Waals surface area contributed by atoms with Crippen LogP contribution in [0.2, 0.25) is 0 Å². The molecule has 0 aromatic heterocycles. The molecule has 0 unspecified atom stereocenters. The number of carbonyl (C=O) groups excluding carboxylic acids is 1. The summed E-state index contributed by atoms with van der Waals surface area (Å²) in [6.07, 6.45) is 0.853. The summed E-state index contributed by atoms with van der Waals surface area (Å²) in [5.41, 5.74) is 2.98. The van der Waals surface area contributed by atoms with Gasteiger partial charge in [-0.05, 0) is 35.2 Å². The van der Waals surface area contributed by atoms with E-state index in [1.165, 1.54) is 4.31 Å². The van der Waals surface area contributed by atoms with E-state index >= 15 is 0 Å². The molecule has 3 aromatic carbocycles. The van der Waals surface area contributed by atoms with Crippen molar-refractivity contribution in [2.45, 2.75) is 37.6 Å². The molecular weight excluding hydrogens is 420 g/mol. The van der Waals surface area contributed by atoms with Crippen LogP contribution in [0.25, 0.3) is 0 Å². The van der Waals surface area contributed by atoms with Gasteiger partial charge in [-0.25, -0.2) is 8.42 Å². The van der Waals surface area contributed by atoms with E-state index in [0.29, 0.717) is 25.9 Å². The molecule has 5 nitrogen and oxygen atoms in total. The average Bonchev–Trinajstić information content (AvgIpc) is 2.83. The number of sulfonamides is 1. The Labute approximate surface area is 191 Å². The van der Waals surface area contributed by atoms with Crippen LogP contribution in [0.15, 0.2) is 89.8 Å². The van der Waals surface area contributed by atoms with Crippen LogP contribution >= 0.6 is 0 Å². The predicted octanol–water partition coefficient (Wildman–Crippen LogP) is 4.56. The van der Waals surface area contributed by atoms with Gasteiger partial charge in [-0.2, -0.15) is 4.31 Å². The fourth-order valence-electron chi connectivity index (χ4n) is 3.68. The Hall–Kier alpha value is -2.96. The van der Waals surface area contributed by atoms with E-state index in [-0.39, 0.29) is 16.8 Å². The van der Waals surface area contributed by atoms with Crippen molar-refractivity contribution in [1.29, 1.82) is 0 Å². The highest BCUT2D eigenvalue weighted by Crippen LogP contribution is 2.22. The fourth-order valence-corrected chi connectivity index (χ4v) is 5.14. The molecule has 6 heteroatoms. The van der Waals surface area contributed by atoms with Crippen LogP contribution in [-0.2, 0) is 21.2 Å². The number of carbonyl (C=O) groups is 1. The average molecular weight is 451 g/mol.